The number of carboxylic acid groups (broad SMARTS) is 1. The van der Waals surface area contributed by atoms with Gasteiger partial charge in [0.2, 0.25) is 0 Å². The first-order valence-corrected chi connectivity index (χ1v) is 9.97. The molecule has 27 heavy (non-hydrogen) atoms. The van der Waals surface area contributed by atoms with Crippen LogP contribution in [-0.4, -0.2) is 54.2 Å². The van der Waals surface area contributed by atoms with Crippen LogP contribution in [0.1, 0.15) is 49.4 Å². The van der Waals surface area contributed by atoms with Crippen molar-refractivity contribution < 1.29 is 14.7 Å². The molecule has 2 aliphatic rings. The fourth-order valence-electron chi connectivity index (χ4n) is 4.24. The van der Waals surface area contributed by atoms with Crippen LogP contribution in [0.4, 0.5) is 5.82 Å². The molecule has 1 aromatic heterocycles. The number of hydrogen-bond acceptors (Lipinski definition) is 5. The van der Waals surface area contributed by atoms with Crippen LogP contribution < -0.4 is 15.5 Å². The molecule has 0 bridgehead atoms. The van der Waals surface area contributed by atoms with Gasteiger partial charge >= 0.3 is 5.97 Å². The monoisotopic (exact) mass is 374 g/mol. The van der Waals surface area contributed by atoms with E-state index in [0.29, 0.717) is 5.56 Å². The minimum Gasteiger partial charge on any atom is -0.481 e. The quantitative estimate of drug-likeness (QED) is 0.704. The molecule has 0 radical (unpaired) electrons. The Hall–Kier alpha value is -2.15. The number of nitrogens with one attached hydrogen (secondary N) is 2. The third kappa shape index (κ3) is 5.42. The molecule has 0 saturated carbocycles. The Morgan fingerprint density at radius 2 is 1.89 bits per heavy atom. The van der Waals surface area contributed by atoms with Gasteiger partial charge in [0.05, 0.1) is 12.0 Å². The highest BCUT2D eigenvalue weighted by atomic mass is 16.4. The summed E-state index contributed by atoms with van der Waals surface area (Å²) in [7, 11) is 0. The lowest BCUT2D eigenvalue weighted by Crippen LogP contribution is -2.39. The number of aliphatic carboxylic acids is 1. The Morgan fingerprint density at radius 3 is 2.48 bits per heavy atom. The normalized spacial score (nSPS) is 20.3. The zero-order valence-electron chi connectivity index (χ0n) is 16.0. The van der Waals surface area contributed by atoms with E-state index in [1.54, 1.807) is 19.2 Å². The summed E-state index contributed by atoms with van der Waals surface area (Å²) in [5.41, 5.74) is 0.459. The number of pyridine rings is 1. The average molecular weight is 374 g/mol. The predicted octanol–water partition coefficient (Wildman–Crippen LogP) is 1.89. The largest absolute Gasteiger partial charge is 0.481 e. The van der Waals surface area contributed by atoms with E-state index in [4.69, 9.17) is 5.11 Å². The molecule has 2 fully saturated rings. The van der Waals surface area contributed by atoms with Gasteiger partial charge in [0, 0.05) is 25.3 Å². The maximum absolute atomic E-state index is 12.2. The molecular weight excluding hydrogens is 344 g/mol. The van der Waals surface area contributed by atoms with Gasteiger partial charge in [0.1, 0.15) is 5.82 Å². The molecule has 3 heterocycles. The maximum Gasteiger partial charge on any atom is 0.305 e. The van der Waals surface area contributed by atoms with Crippen molar-refractivity contribution in [3.05, 3.63) is 23.9 Å². The number of piperidine rings is 2. The first kappa shape index (κ1) is 19.6. The van der Waals surface area contributed by atoms with Gasteiger partial charge < -0.3 is 20.6 Å². The molecule has 1 unspecified atom stereocenters. The Morgan fingerprint density at radius 1 is 1.22 bits per heavy atom. The van der Waals surface area contributed by atoms with Crippen molar-refractivity contribution in [2.75, 3.05) is 31.1 Å². The van der Waals surface area contributed by atoms with Crippen molar-refractivity contribution in [2.45, 2.75) is 45.1 Å². The molecule has 3 rings (SSSR count). The van der Waals surface area contributed by atoms with Crippen molar-refractivity contribution in [1.82, 2.24) is 15.6 Å². The predicted molar refractivity (Wildman–Crippen MR) is 104 cm³/mol. The van der Waals surface area contributed by atoms with E-state index >= 15 is 0 Å². The molecule has 1 aromatic rings. The van der Waals surface area contributed by atoms with E-state index in [1.165, 1.54) is 25.7 Å². The highest BCUT2D eigenvalue weighted by Gasteiger charge is 2.28. The number of aromatic nitrogens is 1. The summed E-state index contributed by atoms with van der Waals surface area (Å²) < 4.78 is 0. The van der Waals surface area contributed by atoms with E-state index < -0.39 is 12.0 Å². The maximum atomic E-state index is 12.2. The lowest BCUT2D eigenvalue weighted by atomic mass is 9.79. The second-order valence-corrected chi connectivity index (χ2v) is 7.79. The highest BCUT2D eigenvalue weighted by Crippen LogP contribution is 2.32. The van der Waals surface area contributed by atoms with Crippen molar-refractivity contribution in [2.24, 2.45) is 11.8 Å². The summed E-state index contributed by atoms with van der Waals surface area (Å²) in [6.07, 6.45) is 6.50. The van der Waals surface area contributed by atoms with Gasteiger partial charge in [-0.1, -0.05) is 0 Å². The fourth-order valence-corrected chi connectivity index (χ4v) is 4.24. The minimum atomic E-state index is -0.927. The number of hydrogen-bond donors (Lipinski definition) is 3. The number of carbonyl (C=O) groups is 2. The molecule has 0 aromatic carbocycles. The van der Waals surface area contributed by atoms with Crippen molar-refractivity contribution in [3.63, 3.8) is 0 Å². The van der Waals surface area contributed by atoms with E-state index in [-0.39, 0.29) is 12.3 Å². The van der Waals surface area contributed by atoms with Gasteiger partial charge in [-0.05, 0) is 69.7 Å². The van der Waals surface area contributed by atoms with Crippen LogP contribution in [0.3, 0.4) is 0 Å². The van der Waals surface area contributed by atoms with Crippen molar-refractivity contribution in [1.29, 1.82) is 0 Å². The van der Waals surface area contributed by atoms with Gasteiger partial charge in [-0.2, -0.15) is 0 Å². The molecule has 3 N–H and O–H groups in total. The zero-order valence-corrected chi connectivity index (χ0v) is 16.0. The molecule has 1 amide bonds. The SMILES string of the molecule is CC(CC(=O)O)NC(=O)c1ccc(N2CCC(C3CCNCC3)CC2)nc1. The summed E-state index contributed by atoms with van der Waals surface area (Å²) in [4.78, 5) is 29.6. The molecule has 7 nitrogen and oxygen atoms in total. The zero-order chi connectivity index (χ0) is 19.2. The van der Waals surface area contributed by atoms with Crippen LogP contribution in [-0.2, 0) is 4.79 Å². The first-order chi connectivity index (χ1) is 13.0. The number of carboxylic acids is 1. The van der Waals surface area contributed by atoms with Crippen LogP contribution in [0.5, 0.6) is 0 Å². The van der Waals surface area contributed by atoms with Crippen LogP contribution in [0.2, 0.25) is 0 Å². The Labute approximate surface area is 160 Å². The third-order valence-corrected chi connectivity index (χ3v) is 5.78. The smallest absolute Gasteiger partial charge is 0.305 e. The average Bonchev–Trinajstić information content (AvgIpc) is 2.68. The molecule has 2 saturated heterocycles. The standard InChI is InChI=1S/C20H30N4O3/c1-14(12-19(25)26)23-20(27)17-2-3-18(22-13-17)24-10-6-16(7-11-24)15-4-8-21-9-5-15/h2-3,13-16,21H,4-12H2,1H3,(H,23,27)(H,25,26). The summed E-state index contributed by atoms with van der Waals surface area (Å²) in [5.74, 6) is 1.38. The van der Waals surface area contributed by atoms with E-state index in [1.807, 2.05) is 6.07 Å². The van der Waals surface area contributed by atoms with Gasteiger partial charge in [-0.25, -0.2) is 4.98 Å². The molecule has 1 atom stereocenters. The fraction of sp³-hybridized carbons (Fsp3) is 0.650. The molecule has 7 heteroatoms. The second-order valence-electron chi connectivity index (χ2n) is 7.79. The van der Waals surface area contributed by atoms with E-state index in [2.05, 4.69) is 20.5 Å². The van der Waals surface area contributed by atoms with E-state index in [9.17, 15) is 9.59 Å². The molecular formula is C20H30N4O3. The summed E-state index contributed by atoms with van der Waals surface area (Å²) >= 11 is 0. The Balaban J connectivity index is 1.50. The number of carbonyl (C=O) groups excluding carboxylic acids is 1. The van der Waals surface area contributed by atoms with Gasteiger partial charge in [-0.15, -0.1) is 0 Å². The van der Waals surface area contributed by atoms with E-state index in [0.717, 1.165) is 43.8 Å². The highest BCUT2D eigenvalue weighted by molar-refractivity contribution is 5.94. The lowest BCUT2D eigenvalue weighted by molar-refractivity contribution is -0.137. The van der Waals surface area contributed by atoms with Crippen LogP contribution >= 0.6 is 0 Å². The minimum absolute atomic E-state index is 0.0940. The first-order valence-electron chi connectivity index (χ1n) is 9.97. The Kier molecular flexibility index (Phi) is 6.66. The number of rotatable bonds is 6. The molecule has 0 spiro atoms. The molecule has 2 aliphatic heterocycles. The lowest BCUT2D eigenvalue weighted by Gasteiger charge is -2.38. The summed E-state index contributed by atoms with van der Waals surface area (Å²) in [5, 5.41) is 14.9. The van der Waals surface area contributed by atoms with Crippen LogP contribution in [0, 0.1) is 11.8 Å². The summed E-state index contributed by atoms with van der Waals surface area (Å²) in [6.45, 7) is 6.02. The number of nitrogens with zero attached hydrogens (tertiary/aromatic N) is 2. The second kappa shape index (κ2) is 9.17. The van der Waals surface area contributed by atoms with Gasteiger partial charge in [0.15, 0.2) is 0 Å². The van der Waals surface area contributed by atoms with Gasteiger partial charge in [0.25, 0.3) is 5.91 Å². The third-order valence-electron chi connectivity index (χ3n) is 5.78. The van der Waals surface area contributed by atoms with Gasteiger partial charge in [-0.3, -0.25) is 9.59 Å². The van der Waals surface area contributed by atoms with Crippen LogP contribution in [0.15, 0.2) is 18.3 Å². The van der Waals surface area contributed by atoms with Crippen molar-refractivity contribution in [3.8, 4) is 0 Å². The number of amides is 1. The number of anilines is 1. The topological polar surface area (TPSA) is 94.6 Å². The van der Waals surface area contributed by atoms with Crippen LogP contribution in [0.25, 0.3) is 0 Å². The Bertz CT molecular complexity index is 635. The summed E-state index contributed by atoms with van der Waals surface area (Å²) in [6, 6.07) is 3.25. The van der Waals surface area contributed by atoms with Crippen molar-refractivity contribution >= 4 is 17.7 Å². The molecule has 148 valence electrons. The molecule has 0 aliphatic carbocycles.